The fourth-order valence-corrected chi connectivity index (χ4v) is 2.57. The Balaban J connectivity index is 2.95. The third-order valence-electron chi connectivity index (χ3n) is 3.75. The number of alkyl halides is 3. The van der Waals surface area contributed by atoms with Gasteiger partial charge in [-0.1, -0.05) is 43.7 Å². The highest BCUT2D eigenvalue weighted by Crippen LogP contribution is 2.23. The normalized spacial score (nSPS) is 13.9. The monoisotopic (exact) mass is 416 g/mol. The topological polar surface area (TPSA) is 84.5 Å². The minimum Gasteiger partial charge on any atom is -0.444 e. The van der Waals surface area contributed by atoms with Gasteiger partial charge in [-0.2, -0.15) is 13.2 Å². The summed E-state index contributed by atoms with van der Waals surface area (Å²) >= 11 is 0. The molecular weight excluding hydrogens is 389 g/mol. The maximum Gasteiger partial charge on any atom is 0.408 e. The number of benzene rings is 1. The highest BCUT2D eigenvalue weighted by Gasteiger charge is 2.39. The van der Waals surface area contributed by atoms with Crippen LogP contribution in [0.3, 0.4) is 0 Å². The molecule has 9 heteroatoms. The number of alkyl carbamates (subject to hydrolysis) is 1. The molecule has 2 atom stereocenters. The number of carbonyl (C=O) groups is 3. The number of ketones is 1. The van der Waals surface area contributed by atoms with Crippen molar-refractivity contribution in [2.24, 2.45) is 0 Å². The maximum absolute atomic E-state index is 12.9. The fraction of sp³-hybridized carbons (Fsp3) is 0.550. The summed E-state index contributed by atoms with van der Waals surface area (Å²) < 4.78 is 43.6. The predicted octanol–water partition coefficient (Wildman–Crippen LogP) is 4.06. The van der Waals surface area contributed by atoms with Crippen molar-refractivity contribution in [2.45, 2.75) is 70.8 Å². The lowest BCUT2D eigenvalue weighted by molar-refractivity contribution is -0.152. The number of halogens is 3. The third-order valence-corrected chi connectivity index (χ3v) is 3.75. The van der Waals surface area contributed by atoms with Crippen LogP contribution in [0.1, 0.15) is 58.6 Å². The molecule has 0 aliphatic rings. The number of ether oxygens (including phenoxy) is 1. The maximum atomic E-state index is 12.9. The summed E-state index contributed by atoms with van der Waals surface area (Å²) in [6.07, 6.45) is -6.48. The molecule has 0 aromatic heterocycles. The number of Topliss-reactive ketones (excluding diaryl/α,β-unsaturated/α-hetero) is 1. The van der Waals surface area contributed by atoms with Crippen LogP contribution < -0.4 is 10.6 Å². The van der Waals surface area contributed by atoms with Crippen molar-refractivity contribution in [3.63, 3.8) is 0 Å². The molecule has 0 radical (unpaired) electrons. The van der Waals surface area contributed by atoms with Gasteiger partial charge in [-0.3, -0.25) is 9.59 Å². The van der Waals surface area contributed by atoms with Crippen LogP contribution in [0.4, 0.5) is 18.0 Å². The quantitative estimate of drug-likeness (QED) is 0.626. The van der Waals surface area contributed by atoms with E-state index >= 15 is 0 Å². The first-order valence-electron chi connectivity index (χ1n) is 9.28. The number of rotatable bonds is 8. The number of hydrogen-bond donors (Lipinski definition) is 2. The molecule has 6 nitrogen and oxygen atoms in total. The van der Waals surface area contributed by atoms with Crippen LogP contribution in [0.5, 0.6) is 0 Å². The Bertz CT molecular complexity index is 700. The van der Waals surface area contributed by atoms with Gasteiger partial charge in [0.05, 0.1) is 12.5 Å². The van der Waals surface area contributed by atoms with Crippen LogP contribution in [-0.2, 0) is 14.3 Å². The van der Waals surface area contributed by atoms with E-state index in [2.05, 4.69) is 5.32 Å². The zero-order valence-electron chi connectivity index (χ0n) is 16.9. The Hall–Kier alpha value is -2.58. The van der Waals surface area contributed by atoms with E-state index in [9.17, 15) is 27.6 Å². The number of nitrogens with one attached hydrogen (secondary N) is 2. The molecule has 1 aromatic carbocycles. The van der Waals surface area contributed by atoms with Crippen LogP contribution >= 0.6 is 0 Å². The largest absolute Gasteiger partial charge is 0.444 e. The molecule has 0 saturated heterocycles. The first kappa shape index (κ1) is 24.5. The lowest BCUT2D eigenvalue weighted by Gasteiger charge is -2.24. The summed E-state index contributed by atoms with van der Waals surface area (Å²) in [5, 5.41) is 4.34. The number of carbonyl (C=O) groups excluding carboxylic acids is 3. The van der Waals surface area contributed by atoms with Gasteiger partial charge >= 0.3 is 12.3 Å². The Morgan fingerprint density at radius 1 is 1.03 bits per heavy atom. The molecule has 0 fully saturated rings. The molecule has 2 amide bonds. The van der Waals surface area contributed by atoms with Crippen LogP contribution in [0.15, 0.2) is 30.3 Å². The standard InChI is InChI=1S/C20H27F3N2O4/c1-5-9-14(13-10-7-6-8-11-13)24-17(27)16(26)15(12-20(21,22)23)25-18(28)29-19(2,3)4/h6-8,10-11,14-15H,5,9,12H2,1-4H3,(H,24,27)(H,25,28)/t14-,15?/m1/s1. The van der Waals surface area contributed by atoms with E-state index < -0.39 is 48.1 Å². The van der Waals surface area contributed by atoms with Gasteiger partial charge in [0.25, 0.3) is 5.91 Å². The second-order valence-electron chi connectivity index (χ2n) is 7.61. The van der Waals surface area contributed by atoms with Crippen molar-refractivity contribution < 1.29 is 32.3 Å². The molecule has 1 rings (SSSR count). The highest BCUT2D eigenvalue weighted by atomic mass is 19.4. The zero-order valence-corrected chi connectivity index (χ0v) is 16.9. The summed E-state index contributed by atoms with van der Waals surface area (Å²) in [4.78, 5) is 36.6. The van der Waals surface area contributed by atoms with Gasteiger partial charge < -0.3 is 15.4 Å². The Kier molecular flexibility index (Phi) is 8.66. The average molecular weight is 416 g/mol. The Morgan fingerprint density at radius 2 is 1.62 bits per heavy atom. The smallest absolute Gasteiger partial charge is 0.408 e. The van der Waals surface area contributed by atoms with Crippen molar-refractivity contribution in [3.8, 4) is 0 Å². The summed E-state index contributed by atoms with van der Waals surface area (Å²) in [6.45, 7) is 6.44. The van der Waals surface area contributed by atoms with Crippen LogP contribution in [0.2, 0.25) is 0 Å². The Labute approximate surface area is 168 Å². The highest BCUT2D eigenvalue weighted by molar-refractivity contribution is 6.38. The summed E-state index contributed by atoms with van der Waals surface area (Å²) in [5.41, 5.74) is -0.250. The fourth-order valence-electron chi connectivity index (χ4n) is 2.57. The first-order valence-corrected chi connectivity index (χ1v) is 9.28. The van der Waals surface area contributed by atoms with E-state index in [0.717, 1.165) is 5.56 Å². The van der Waals surface area contributed by atoms with Gasteiger partial charge in [0.2, 0.25) is 5.78 Å². The minimum absolute atomic E-state index is 0.493. The van der Waals surface area contributed by atoms with Crippen molar-refractivity contribution >= 4 is 17.8 Å². The van der Waals surface area contributed by atoms with Gasteiger partial charge in [-0.15, -0.1) is 0 Å². The second kappa shape index (κ2) is 10.3. The van der Waals surface area contributed by atoms with E-state index in [1.54, 1.807) is 30.3 Å². The summed E-state index contributed by atoms with van der Waals surface area (Å²) in [6, 6.07) is 6.16. The molecule has 0 heterocycles. The molecule has 0 spiro atoms. The van der Waals surface area contributed by atoms with Crippen LogP contribution in [0.25, 0.3) is 0 Å². The molecule has 0 bridgehead atoms. The third kappa shape index (κ3) is 9.45. The summed E-state index contributed by atoms with van der Waals surface area (Å²) in [7, 11) is 0. The van der Waals surface area contributed by atoms with E-state index in [-0.39, 0.29) is 0 Å². The van der Waals surface area contributed by atoms with E-state index in [0.29, 0.717) is 12.8 Å². The molecule has 1 aromatic rings. The lowest BCUT2D eigenvalue weighted by Crippen LogP contribution is -2.50. The zero-order chi connectivity index (χ0) is 22.2. The van der Waals surface area contributed by atoms with E-state index in [1.165, 1.54) is 20.8 Å². The van der Waals surface area contributed by atoms with E-state index in [1.807, 2.05) is 12.2 Å². The van der Waals surface area contributed by atoms with Gasteiger partial charge in [0.1, 0.15) is 11.6 Å². The molecular formula is C20H27F3N2O4. The predicted molar refractivity (Wildman–Crippen MR) is 101 cm³/mol. The van der Waals surface area contributed by atoms with Crippen molar-refractivity contribution in [2.75, 3.05) is 0 Å². The molecule has 2 N–H and O–H groups in total. The molecule has 0 saturated carbocycles. The van der Waals surface area contributed by atoms with Crippen LogP contribution in [-0.4, -0.2) is 35.6 Å². The summed E-state index contributed by atoms with van der Waals surface area (Å²) in [5.74, 6) is -2.58. The van der Waals surface area contributed by atoms with Crippen molar-refractivity contribution in [1.29, 1.82) is 0 Å². The average Bonchev–Trinajstić information content (AvgIpc) is 2.58. The molecule has 0 aliphatic heterocycles. The second-order valence-corrected chi connectivity index (χ2v) is 7.61. The molecule has 1 unspecified atom stereocenters. The molecule has 29 heavy (non-hydrogen) atoms. The number of hydrogen-bond acceptors (Lipinski definition) is 4. The molecule has 162 valence electrons. The lowest BCUT2D eigenvalue weighted by atomic mass is 10.0. The van der Waals surface area contributed by atoms with Gasteiger partial charge in [0.15, 0.2) is 0 Å². The van der Waals surface area contributed by atoms with Crippen molar-refractivity contribution in [3.05, 3.63) is 35.9 Å². The van der Waals surface area contributed by atoms with Gasteiger partial charge in [0, 0.05) is 0 Å². The van der Waals surface area contributed by atoms with Crippen molar-refractivity contribution in [1.82, 2.24) is 10.6 Å². The van der Waals surface area contributed by atoms with Gasteiger partial charge in [-0.25, -0.2) is 4.79 Å². The van der Waals surface area contributed by atoms with E-state index in [4.69, 9.17) is 4.74 Å². The minimum atomic E-state index is -4.77. The van der Waals surface area contributed by atoms with Gasteiger partial charge in [-0.05, 0) is 32.8 Å². The SMILES string of the molecule is CCC[C@@H](NC(=O)C(=O)C(CC(F)(F)F)NC(=O)OC(C)(C)C)c1ccccc1. The first-order chi connectivity index (χ1) is 13.3. The van der Waals surface area contributed by atoms with Crippen LogP contribution in [0, 0.1) is 0 Å². The molecule has 0 aliphatic carbocycles. The Morgan fingerprint density at radius 3 is 2.10 bits per heavy atom. The number of amides is 2.